The zero-order chi connectivity index (χ0) is 17.5. The molecule has 0 aromatic heterocycles. The van der Waals surface area contributed by atoms with Gasteiger partial charge in [-0.3, -0.25) is 15.6 Å². The summed E-state index contributed by atoms with van der Waals surface area (Å²) in [6.07, 6.45) is 0. The number of phenolic OH excluding ortho intramolecular Hbond substituents is 1. The molecule has 0 aliphatic rings. The lowest BCUT2D eigenvalue weighted by molar-refractivity contribution is 0.102. The molecule has 2 aromatic rings. The van der Waals surface area contributed by atoms with E-state index in [2.05, 4.69) is 15.8 Å². The number of hydrogen-bond donors (Lipinski definition) is 5. The molecule has 8 nitrogen and oxygen atoms in total. The molecule has 0 saturated carbocycles. The van der Waals surface area contributed by atoms with E-state index < -0.39 is 11.7 Å². The molecule has 0 saturated heterocycles. The van der Waals surface area contributed by atoms with Crippen LogP contribution in [-0.4, -0.2) is 22.6 Å². The monoisotopic (exact) mass is 322 g/mol. The Morgan fingerprint density at radius 2 is 1.79 bits per heavy atom. The number of anilines is 2. The molecule has 2 rings (SSSR count). The Morgan fingerprint density at radius 3 is 2.38 bits per heavy atom. The molecule has 120 valence electrons. The van der Waals surface area contributed by atoms with Gasteiger partial charge in [-0.25, -0.2) is 0 Å². The van der Waals surface area contributed by atoms with E-state index in [9.17, 15) is 9.90 Å². The molecule has 6 N–H and O–H groups in total. The maximum Gasteiger partial charge on any atom is 0.259 e. The first kappa shape index (κ1) is 16.5. The second-order valence-corrected chi connectivity index (χ2v) is 4.65. The average Bonchev–Trinajstić information content (AvgIpc) is 2.57. The normalized spacial score (nSPS) is 10.5. The summed E-state index contributed by atoms with van der Waals surface area (Å²) in [6, 6.07) is 14.4. The third kappa shape index (κ3) is 4.08. The molecular weight excluding hydrogens is 308 g/mol. The second-order valence-electron chi connectivity index (χ2n) is 4.65. The van der Waals surface area contributed by atoms with Crippen LogP contribution in [0.1, 0.15) is 10.4 Å². The summed E-state index contributed by atoms with van der Waals surface area (Å²) in [5, 5.41) is 31.9. The van der Waals surface area contributed by atoms with E-state index in [1.807, 2.05) is 0 Å². The van der Waals surface area contributed by atoms with Crippen LogP contribution in [0.15, 0.2) is 53.6 Å². The summed E-state index contributed by atoms with van der Waals surface area (Å²) < 4.78 is 0. The summed E-state index contributed by atoms with van der Waals surface area (Å²) >= 11 is 0. The van der Waals surface area contributed by atoms with Gasteiger partial charge in [0.05, 0.1) is 11.3 Å². The van der Waals surface area contributed by atoms with Crippen LogP contribution in [-0.2, 0) is 0 Å². The van der Waals surface area contributed by atoms with Crippen LogP contribution in [0.25, 0.3) is 0 Å². The zero-order valence-electron chi connectivity index (χ0n) is 12.4. The minimum Gasteiger partial charge on any atom is -0.507 e. The molecule has 0 fully saturated rings. The highest BCUT2D eigenvalue weighted by Gasteiger charge is 2.10. The molecule has 0 aliphatic carbocycles. The molecule has 0 atom stereocenters. The van der Waals surface area contributed by atoms with E-state index in [1.165, 1.54) is 12.1 Å². The number of carbonyl (C=O) groups excluding carboxylic acids is 1. The summed E-state index contributed by atoms with van der Waals surface area (Å²) in [4.78, 5) is 12.1. The number of carbonyl (C=O) groups is 1. The first-order valence-electron chi connectivity index (χ1n) is 6.79. The zero-order valence-corrected chi connectivity index (χ0v) is 12.4. The van der Waals surface area contributed by atoms with Crippen molar-refractivity contribution in [1.29, 1.82) is 10.7 Å². The maximum absolute atomic E-state index is 12.1. The highest BCUT2D eigenvalue weighted by atomic mass is 16.3. The third-order valence-corrected chi connectivity index (χ3v) is 2.95. The van der Waals surface area contributed by atoms with Crippen molar-refractivity contribution in [2.45, 2.75) is 0 Å². The topological polar surface area (TPSA) is 147 Å². The van der Waals surface area contributed by atoms with E-state index in [0.29, 0.717) is 11.4 Å². The van der Waals surface area contributed by atoms with Gasteiger partial charge in [0.15, 0.2) is 5.84 Å². The first-order valence-corrected chi connectivity index (χ1v) is 6.79. The number of hydrazone groups is 1. The van der Waals surface area contributed by atoms with Crippen molar-refractivity contribution >= 4 is 28.8 Å². The predicted molar refractivity (Wildman–Crippen MR) is 91.1 cm³/mol. The van der Waals surface area contributed by atoms with Gasteiger partial charge in [0.2, 0.25) is 5.71 Å². The lowest BCUT2D eigenvalue weighted by Gasteiger charge is -2.07. The average molecular weight is 322 g/mol. The minimum atomic E-state index is -0.435. The number of benzene rings is 2. The van der Waals surface area contributed by atoms with Crippen LogP contribution >= 0.6 is 0 Å². The number of hydrogen-bond acceptors (Lipinski definition) is 6. The second kappa shape index (κ2) is 7.42. The van der Waals surface area contributed by atoms with Crippen LogP contribution in [0, 0.1) is 16.7 Å². The molecular formula is C16H14N6O2. The Labute approximate surface area is 137 Å². The van der Waals surface area contributed by atoms with E-state index in [-0.39, 0.29) is 17.0 Å². The fourth-order valence-electron chi connectivity index (χ4n) is 1.76. The van der Waals surface area contributed by atoms with Crippen molar-refractivity contribution < 1.29 is 9.90 Å². The Kier molecular flexibility index (Phi) is 5.10. The van der Waals surface area contributed by atoms with Crippen LogP contribution in [0.3, 0.4) is 0 Å². The van der Waals surface area contributed by atoms with E-state index in [0.717, 1.165) is 0 Å². The minimum absolute atomic E-state index is 0.101. The molecule has 1 amide bonds. The van der Waals surface area contributed by atoms with Crippen molar-refractivity contribution in [2.75, 3.05) is 10.7 Å². The van der Waals surface area contributed by atoms with Gasteiger partial charge in [0, 0.05) is 5.69 Å². The highest BCUT2D eigenvalue weighted by molar-refractivity contribution is 6.45. The van der Waals surface area contributed by atoms with Crippen LogP contribution in [0.2, 0.25) is 0 Å². The van der Waals surface area contributed by atoms with Crippen molar-refractivity contribution in [2.24, 2.45) is 10.8 Å². The molecule has 8 heteroatoms. The maximum atomic E-state index is 12.1. The van der Waals surface area contributed by atoms with E-state index >= 15 is 0 Å². The number of nitrogens with two attached hydrogens (primary N) is 1. The summed E-state index contributed by atoms with van der Waals surface area (Å²) in [5.41, 5.74) is 8.78. The molecule has 0 radical (unpaired) electrons. The fraction of sp³-hybridized carbons (Fsp3) is 0. The summed E-state index contributed by atoms with van der Waals surface area (Å²) in [7, 11) is 0. The van der Waals surface area contributed by atoms with Crippen LogP contribution in [0.5, 0.6) is 5.75 Å². The lowest BCUT2D eigenvalue weighted by atomic mass is 10.2. The quantitative estimate of drug-likeness (QED) is 0.324. The van der Waals surface area contributed by atoms with Crippen molar-refractivity contribution in [3.63, 3.8) is 0 Å². The third-order valence-electron chi connectivity index (χ3n) is 2.95. The van der Waals surface area contributed by atoms with Gasteiger partial charge in [0.25, 0.3) is 5.91 Å². The van der Waals surface area contributed by atoms with Gasteiger partial charge in [0.1, 0.15) is 11.8 Å². The van der Waals surface area contributed by atoms with Gasteiger partial charge in [-0.1, -0.05) is 12.1 Å². The van der Waals surface area contributed by atoms with Crippen molar-refractivity contribution in [3.05, 3.63) is 54.1 Å². The number of aromatic hydroxyl groups is 1. The number of amides is 1. The molecule has 24 heavy (non-hydrogen) atoms. The largest absolute Gasteiger partial charge is 0.507 e. The van der Waals surface area contributed by atoms with E-state index in [4.69, 9.17) is 16.4 Å². The molecule has 2 aromatic carbocycles. The number of nitriles is 1. The fourth-order valence-corrected chi connectivity index (χ4v) is 1.76. The van der Waals surface area contributed by atoms with Gasteiger partial charge < -0.3 is 16.2 Å². The Bertz CT molecular complexity index is 836. The smallest absolute Gasteiger partial charge is 0.259 e. The number of para-hydroxylation sites is 1. The van der Waals surface area contributed by atoms with Crippen LogP contribution in [0.4, 0.5) is 11.4 Å². The van der Waals surface area contributed by atoms with Gasteiger partial charge in [-0.2, -0.15) is 10.4 Å². The number of nitrogens with zero attached hydrogens (tertiary/aromatic N) is 2. The van der Waals surface area contributed by atoms with Gasteiger partial charge in [-0.15, -0.1) is 0 Å². The standard InChI is InChI=1S/C16H14N6O2/c17-9-13(15(18)19)22-21-11-7-5-10(6-8-11)20-16(24)12-3-1-2-4-14(12)23/h1-8,21,23H,(H3,18,19)(H,20,24)/b22-13+. The Morgan fingerprint density at radius 1 is 1.17 bits per heavy atom. The molecule has 0 unspecified atom stereocenters. The highest BCUT2D eigenvalue weighted by Crippen LogP contribution is 2.19. The summed E-state index contributed by atoms with van der Waals surface area (Å²) in [6.45, 7) is 0. The lowest BCUT2D eigenvalue weighted by Crippen LogP contribution is -2.21. The number of rotatable bonds is 5. The van der Waals surface area contributed by atoms with Gasteiger partial charge in [-0.05, 0) is 36.4 Å². The van der Waals surface area contributed by atoms with Crippen molar-refractivity contribution in [1.82, 2.24) is 0 Å². The number of phenols is 1. The predicted octanol–water partition coefficient (Wildman–Crippen LogP) is 1.87. The number of nitrogens with one attached hydrogen (secondary N) is 3. The number of amidine groups is 1. The van der Waals surface area contributed by atoms with E-state index in [1.54, 1.807) is 42.5 Å². The molecule has 0 aliphatic heterocycles. The Balaban J connectivity index is 2.05. The molecule has 0 spiro atoms. The van der Waals surface area contributed by atoms with Crippen LogP contribution < -0.4 is 16.5 Å². The molecule has 0 bridgehead atoms. The SMILES string of the molecule is N#C/C(=N\Nc1ccc(NC(=O)c2ccccc2O)cc1)C(=N)N. The van der Waals surface area contributed by atoms with Crippen molar-refractivity contribution in [3.8, 4) is 11.8 Å². The first-order chi connectivity index (χ1) is 11.5. The Hall–Kier alpha value is -3.86. The summed E-state index contributed by atoms with van der Waals surface area (Å²) in [5.74, 6) is -0.970. The molecule has 0 heterocycles. The van der Waals surface area contributed by atoms with Gasteiger partial charge >= 0.3 is 0 Å².